The van der Waals surface area contributed by atoms with E-state index in [-0.39, 0.29) is 6.42 Å². The SMILES string of the molecule is CC(=O)N[C@@H](Cc1c[nH]c2ccccc12)C(=O)N[C@@H](C)C(=O)N[C@@H](C)C(=O)N[C@@H](C)C(=O)N[C@@H](C)C(=O)N[C@@H](C)C(=O)N[C@@H](C)C(=O)N[C@@H](C)C(=O)N[C@@H](C)C(=O)N[C@@H](C)C(=O)N[C@@H](C)C(N)=O. The maximum absolute atomic E-state index is 13.2. The first-order valence-electron chi connectivity index (χ1n) is 21.8. The molecule has 1 aromatic carbocycles. The van der Waals surface area contributed by atoms with E-state index in [0.29, 0.717) is 0 Å². The lowest BCUT2D eigenvalue weighted by molar-refractivity contribution is -0.135. The van der Waals surface area contributed by atoms with Crippen molar-refractivity contribution in [3.05, 3.63) is 36.0 Å². The number of carbonyl (C=O) groups excluding carboxylic acids is 12. The van der Waals surface area contributed by atoms with Gasteiger partial charge in [-0.15, -0.1) is 0 Å². The minimum absolute atomic E-state index is 0.128. The first kappa shape index (κ1) is 56.5. The summed E-state index contributed by atoms with van der Waals surface area (Å²) in [5.41, 5.74) is 6.74. The van der Waals surface area contributed by atoms with Gasteiger partial charge in [0, 0.05) is 30.4 Å². The average Bonchev–Trinajstić information content (AvgIpc) is 3.67. The minimum atomic E-state index is -1.22. The highest BCUT2D eigenvalue weighted by Gasteiger charge is 2.30. The quantitative estimate of drug-likeness (QED) is 0.0476. The molecule has 11 atom stereocenters. The number of hydrogen-bond acceptors (Lipinski definition) is 12. The van der Waals surface area contributed by atoms with Crippen LogP contribution in [0.25, 0.3) is 10.9 Å². The normalized spacial score (nSPS) is 15.8. The van der Waals surface area contributed by atoms with Crippen molar-refractivity contribution in [2.75, 3.05) is 0 Å². The van der Waals surface area contributed by atoms with Gasteiger partial charge in [-0.2, -0.15) is 0 Å². The number of hydrogen-bond donors (Lipinski definition) is 13. The molecule has 68 heavy (non-hydrogen) atoms. The zero-order chi connectivity index (χ0) is 51.7. The summed E-state index contributed by atoms with van der Waals surface area (Å²) in [6, 6.07) is -5.16. The van der Waals surface area contributed by atoms with Crippen molar-refractivity contribution >= 4 is 81.8 Å². The van der Waals surface area contributed by atoms with Crippen LogP contribution in [0.3, 0.4) is 0 Å². The van der Waals surface area contributed by atoms with Crippen LogP contribution in [-0.4, -0.2) is 142 Å². The maximum Gasteiger partial charge on any atom is 0.243 e. The number of aromatic amines is 1. The Kier molecular flexibility index (Phi) is 21.6. The molecule has 2 aromatic rings. The molecule has 0 aliphatic carbocycles. The molecule has 0 aliphatic heterocycles. The predicted octanol–water partition coefficient (Wildman–Crippen LogP) is -4.25. The van der Waals surface area contributed by atoms with Crippen LogP contribution in [0.2, 0.25) is 0 Å². The second-order valence-electron chi connectivity index (χ2n) is 16.5. The highest BCUT2D eigenvalue weighted by atomic mass is 16.2. The van der Waals surface area contributed by atoms with Crippen LogP contribution >= 0.6 is 0 Å². The molecule has 1 heterocycles. The fourth-order valence-electron chi connectivity index (χ4n) is 6.00. The number of amides is 12. The Balaban J connectivity index is 1.80. The first-order valence-corrected chi connectivity index (χ1v) is 21.8. The number of primary amides is 1. The third kappa shape index (κ3) is 17.7. The predicted molar refractivity (Wildman–Crippen MR) is 245 cm³/mol. The van der Waals surface area contributed by atoms with Crippen molar-refractivity contribution in [3.63, 3.8) is 0 Å². The number of fused-ring (bicyclic) bond motifs is 1. The summed E-state index contributed by atoms with van der Waals surface area (Å²) in [7, 11) is 0. The van der Waals surface area contributed by atoms with E-state index in [0.717, 1.165) is 16.5 Å². The number of para-hydroxylation sites is 1. The molecular weight excluding hydrogens is 891 g/mol. The first-order chi connectivity index (χ1) is 31.6. The summed E-state index contributed by atoms with van der Waals surface area (Å²) < 4.78 is 0. The van der Waals surface area contributed by atoms with Crippen LogP contribution in [0, 0.1) is 0 Å². The topological polar surface area (TPSA) is 379 Å². The molecule has 0 saturated carbocycles. The Hall–Kier alpha value is -7.60. The number of aromatic nitrogens is 1. The monoisotopic (exact) mass is 955 g/mol. The molecule has 0 aliphatic rings. The van der Waals surface area contributed by atoms with Crippen molar-refractivity contribution in [1.29, 1.82) is 0 Å². The van der Waals surface area contributed by atoms with Gasteiger partial charge < -0.3 is 69.2 Å². The molecule has 0 bridgehead atoms. The lowest BCUT2D eigenvalue weighted by Gasteiger charge is -2.24. The van der Waals surface area contributed by atoms with E-state index >= 15 is 0 Å². The highest BCUT2D eigenvalue weighted by Crippen LogP contribution is 2.19. The van der Waals surface area contributed by atoms with Crippen LogP contribution in [0.1, 0.15) is 81.7 Å². The highest BCUT2D eigenvalue weighted by molar-refractivity contribution is 5.99. The number of nitrogens with one attached hydrogen (secondary N) is 12. The van der Waals surface area contributed by atoms with E-state index in [1.807, 2.05) is 24.3 Å². The molecule has 374 valence electrons. The summed E-state index contributed by atoms with van der Waals surface area (Å²) in [4.78, 5) is 154. The van der Waals surface area contributed by atoms with Gasteiger partial charge in [-0.05, 0) is 80.9 Å². The van der Waals surface area contributed by atoms with E-state index < -0.39 is 137 Å². The average molecular weight is 956 g/mol. The fraction of sp³-hybridized carbons (Fsp3) is 0.535. The zero-order valence-corrected chi connectivity index (χ0v) is 39.9. The van der Waals surface area contributed by atoms with Gasteiger partial charge in [0.25, 0.3) is 0 Å². The molecule has 2 rings (SSSR count). The van der Waals surface area contributed by atoms with Gasteiger partial charge in [0.1, 0.15) is 66.5 Å². The fourth-order valence-corrected chi connectivity index (χ4v) is 6.00. The van der Waals surface area contributed by atoms with Crippen molar-refractivity contribution in [2.45, 2.75) is 149 Å². The van der Waals surface area contributed by atoms with Gasteiger partial charge in [0.05, 0.1) is 0 Å². The number of rotatable bonds is 24. The number of nitrogens with two attached hydrogens (primary N) is 1. The molecule has 0 fully saturated rings. The van der Waals surface area contributed by atoms with Crippen LogP contribution in [0.15, 0.2) is 30.5 Å². The number of H-pyrrole nitrogens is 1. The molecule has 0 unspecified atom stereocenters. The van der Waals surface area contributed by atoms with Crippen molar-refractivity contribution in [2.24, 2.45) is 5.73 Å². The molecule has 0 saturated heterocycles. The van der Waals surface area contributed by atoms with E-state index in [9.17, 15) is 57.5 Å². The lowest BCUT2D eigenvalue weighted by atomic mass is 10.0. The Morgan fingerprint density at radius 3 is 0.956 bits per heavy atom. The summed E-state index contributed by atoms with van der Waals surface area (Å²) >= 11 is 0. The Labute approximate surface area is 392 Å². The van der Waals surface area contributed by atoms with Gasteiger partial charge in [0.15, 0.2) is 0 Å². The van der Waals surface area contributed by atoms with Gasteiger partial charge in [-0.1, -0.05) is 18.2 Å². The third-order valence-corrected chi connectivity index (χ3v) is 10.3. The molecule has 12 amide bonds. The molecular formula is C43H65N13O12. The molecule has 0 spiro atoms. The Bertz CT molecular complexity index is 2230. The van der Waals surface area contributed by atoms with Crippen LogP contribution in [0.5, 0.6) is 0 Å². The Morgan fingerprint density at radius 2 is 0.676 bits per heavy atom. The summed E-state index contributed by atoms with van der Waals surface area (Å²) in [5, 5.41) is 27.6. The van der Waals surface area contributed by atoms with Crippen LogP contribution in [-0.2, 0) is 64.0 Å². The van der Waals surface area contributed by atoms with E-state index in [1.165, 1.54) is 76.2 Å². The summed E-state index contributed by atoms with van der Waals surface area (Å²) in [6.07, 6.45) is 1.86. The van der Waals surface area contributed by atoms with Crippen molar-refractivity contribution in [1.82, 2.24) is 63.5 Å². The number of benzene rings is 1. The van der Waals surface area contributed by atoms with Gasteiger partial charge in [-0.25, -0.2) is 0 Å². The van der Waals surface area contributed by atoms with E-state index in [4.69, 9.17) is 5.73 Å². The Morgan fingerprint density at radius 1 is 0.412 bits per heavy atom. The largest absolute Gasteiger partial charge is 0.368 e. The van der Waals surface area contributed by atoms with Crippen molar-refractivity contribution < 1.29 is 57.5 Å². The lowest BCUT2D eigenvalue weighted by Crippen LogP contribution is -2.58. The maximum atomic E-state index is 13.2. The molecule has 0 radical (unpaired) electrons. The number of carbonyl (C=O) groups is 12. The van der Waals surface area contributed by atoms with E-state index in [1.54, 1.807) is 6.20 Å². The second-order valence-corrected chi connectivity index (χ2v) is 16.5. The van der Waals surface area contributed by atoms with Crippen LogP contribution < -0.4 is 64.2 Å². The molecule has 25 heteroatoms. The van der Waals surface area contributed by atoms with Crippen LogP contribution in [0.4, 0.5) is 0 Å². The summed E-state index contributed by atoms with van der Waals surface area (Å²) in [6.45, 7) is 14.7. The zero-order valence-electron chi connectivity index (χ0n) is 39.9. The molecule has 14 N–H and O–H groups in total. The van der Waals surface area contributed by atoms with Gasteiger partial charge >= 0.3 is 0 Å². The minimum Gasteiger partial charge on any atom is -0.368 e. The molecule has 1 aromatic heterocycles. The standard InChI is InChI=1S/C43H65N13O12/c1-18(33(44)58)46-34(59)19(2)47-35(60)20(3)48-36(61)21(4)49-37(62)22(5)50-38(63)23(6)51-39(64)24(7)52-40(65)25(8)53-41(66)26(9)54-42(67)27(10)55-43(68)32(56-28(11)57)16-29-17-45-31-15-13-12-14-30(29)31/h12-15,17-27,32,45H,16H2,1-11H3,(H2,44,58)(H,46,59)(H,47,60)(H,48,61)(H,49,62)(H,50,63)(H,51,64)(H,52,65)(H,53,66)(H,54,67)(H,55,68)(H,56,57)/t18-,19-,20-,21-,22-,23-,24-,25-,26-,27-,32-/m0/s1. The van der Waals surface area contributed by atoms with Gasteiger partial charge in [0.2, 0.25) is 70.9 Å². The third-order valence-electron chi connectivity index (χ3n) is 10.3. The second kappa shape index (κ2) is 25.9. The molecule has 25 nitrogen and oxygen atoms in total. The van der Waals surface area contributed by atoms with Gasteiger partial charge in [-0.3, -0.25) is 57.5 Å². The smallest absolute Gasteiger partial charge is 0.243 e. The summed E-state index contributed by atoms with van der Waals surface area (Å²) in [5.74, 6) is -8.74. The van der Waals surface area contributed by atoms with Crippen molar-refractivity contribution in [3.8, 4) is 0 Å². The van der Waals surface area contributed by atoms with E-state index in [2.05, 4.69) is 63.5 Å².